The van der Waals surface area contributed by atoms with Crippen molar-refractivity contribution in [1.82, 2.24) is 0 Å². The number of terminal acetylenes is 1. The lowest BCUT2D eigenvalue weighted by atomic mass is 10.2. The van der Waals surface area contributed by atoms with Gasteiger partial charge < -0.3 is 5.73 Å². The van der Waals surface area contributed by atoms with Gasteiger partial charge in [0.15, 0.2) is 0 Å². The Hall–Kier alpha value is -0.490. The highest BCUT2D eigenvalue weighted by Gasteiger charge is 2.12. The molecule has 0 radical (unpaired) electrons. The third kappa shape index (κ3) is 1.81. The van der Waals surface area contributed by atoms with Gasteiger partial charge in [0.25, 0.3) is 0 Å². The summed E-state index contributed by atoms with van der Waals surface area (Å²) < 4.78 is 0. The van der Waals surface area contributed by atoms with E-state index >= 15 is 0 Å². The molecule has 64 valence electrons. The molecule has 12 heavy (non-hydrogen) atoms. The Kier molecular flexibility index (Phi) is 3.16. The zero-order chi connectivity index (χ0) is 9.14. The molecule has 0 saturated heterocycles. The summed E-state index contributed by atoms with van der Waals surface area (Å²) in [5.41, 5.74) is 6.88. The van der Waals surface area contributed by atoms with Crippen LogP contribution in [0.3, 0.4) is 0 Å². The van der Waals surface area contributed by atoms with Crippen molar-refractivity contribution in [2.75, 3.05) is 0 Å². The van der Waals surface area contributed by atoms with Gasteiger partial charge in [0, 0.05) is 11.3 Å². The van der Waals surface area contributed by atoms with E-state index < -0.39 is 0 Å². The van der Waals surface area contributed by atoms with Gasteiger partial charge in [0.1, 0.15) is 0 Å². The third-order valence-corrected chi connectivity index (χ3v) is 3.45. The van der Waals surface area contributed by atoms with Crippen molar-refractivity contribution in [3.8, 4) is 12.3 Å². The number of hydrogen-bond acceptors (Lipinski definition) is 2. The van der Waals surface area contributed by atoms with Gasteiger partial charge in [-0.25, -0.2) is 0 Å². The van der Waals surface area contributed by atoms with Gasteiger partial charge in [-0.3, -0.25) is 0 Å². The Labute approximate surface area is 81.5 Å². The molecule has 0 amide bonds. The van der Waals surface area contributed by atoms with Crippen LogP contribution in [0.25, 0.3) is 0 Å². The van der Waals surface area contributed by atoms with Crippen LogP contribution in [0.1, 0.15) is 22.9 Å². The Morgan fingerprint density at radius 1 is 1.83 bits per heavy atom. The SMILES string of the molecule is C#CCC(N)c1scc(C)c1Cl. The highest BCUT2D eigenvalue weighted by atomic mass is 35.5. The maximum absolute atomic E-state index is 6.00. The van der Waals surface area contributed by atoms with Crippen LogP contribution in [-0.4, -0.2) is 0 Å². The van der Waals surface area contributed by atoms with Crippen LogP contribution < -0.4 is 5.73 Å². The summed E-state index contributed by atoms with van der Waals surface area (Å²) in [6.07, 6.45) is 5.70. The van der Waals surface area contributed by atoms with Gasteiger partial charge in [-0.1, -0.05) is 11.6 Å². The van der Waals surface area contributed by atoms with Crippen molar-refractivity contribution in [1.29, 1.82) is 0 Å². The fourth-order valence-corrected chi connectivity index (χ4v) is 2.26. The van der Waals surface area contributed by atoms with Crippen LogP contribution in [0, 0.1) is 19.3 Å². The molecule has 1 rings (SSSR count). The van der Waals surface area contributed by atoms with Crippen LogP contribution in [0.4, 0.5) is 0 Å². The van der Waals surface area contributed by atoms with Gasteiger partial charge in [0.05, 0.1) is 11.1 Å². The predicted octanol–water partition coefficient (Wildman–Crippen LogP) is 2.73. The quantitative estimate of drug-likeness (QED) is 0.729. The summed E-state index contributed by atoms with van der Waals surface area (Å²) in [6, 6.07) is -0.110. The van der Waals surface area contributed by atoms with Crippen molar-refractivity contribution in [2.45, 2.75) is 19.4 Å². The van der Waals surface area contributed by atoms with E-state index in [0.29, 0.717) is 6.42 Å². The molecule has 0 aliphatic heterocycles. The first kappa shape index (κ1) is 9.60. The Morgan fingerprint density at radius 2 is 2.50 bits per heavy atom. The first-order chi connectivity index (χ1) is 5.66. The normalized spacial score (nSPS) is 12.5. The van der Waals surface area contributed by atoms with Crippen LogP contribution in [0.5, 0.6) is 0 Å². The number of halogens is 1. The molecule has 0 bridgehead atoms. The molecule has 0 spiro atoms. The summed E-state index contributed by atoms with van der Waals surface area (Å²) in [6.45, 7) is 1.96. The lowest BCUT2D eigenvalue weighted by Gasteiger charge is -2.05. The second-order valence-corrected chi connectivity index (χ2v) is 3.90. The predicted molar refractivity (Wildman–Crippen MR) is 54.4 cm³/mol. The maximum Gasteiger partial charge on any atom is 0.0590 e. The second-order valence-electron chi connectivity index (χ2n) is 2.61. The van der Waals surface area contributed by atoms with E-state index in [4.69, 9.17) is 23.8 Å². The molecule has 0 saturated carbocycles. The minimum atomic E-state index is -0.110. The van der Waals surface area contributed by atoms with Crippen molar-refractivity contribution < 1.29 is 0 Å². The van der Waals surface area contributed by atoms with Crippen LogP contribution in [-0.2, 0) is 0 Å². The zero-order valence-electron chi connectivity index (χ0n) is 6.80. The summed E-state index contributed by atoms with van der Waals surface area (Å²) in [7, 11) is 0. The molecule has 1 unspecified atom stereocenters. The number of rotatable bonds is 2. The fourth-order valence-electron chi connectivity index (χ4n) is 0.920. The van der Waals surface area contributed by atoms with Crippen LogP contribution in [0.2, 0.25) is 5.02 Å². The highest BCUT2D eigenvalue weighted by Crippen LogP contribution is 2.32. The van der Waals surface area contributed by atoms with E-state index in [1.807, 2.05) is 12.3 Å². The first-order valence-electron chi connectivity index (χ1n) is 3.59. The largest absolute Gasteiger partial charge is 0.322 e. The Morgan fingerprint density at radius 3 is 2.92 bits per heavy atom. The van der Waals surface area contributed by atoms with Crippen molar-refractivity contribution in [2.24, 2.45) is 5.73 Å². The van der Waals surface area contributed by atoms with Crippen molar-refractivity contribution >= 4 is 22.9 Å². The molecule has 0 fully saturated rings. The fraction of sp³-hybridized carbons (Fsp3) is 0.333. The smallest absolute Gasteiger partial charge is 0.0590 e. The molecular weight excluding hydrogens is 190 g/mol. The molecule has 0 aromatic carbocycles. The first-order valence-corrected chi connectivity index (χ1v) is 4.85. The number of nitrogens with two attached hydrogens (primary N) is 1. The molecule has 0 aliphatic rings. The minimum Gasteiger partial charge on any atom is -0.322 e. The van der Waals surface area contributed by atoms with Crippen molar-refractivity contribution in [3.63, 3.8) is 0 Å². The molecule has 3 heteroatoms. The number of aryl methyl sites for hydroxylation is 1. The van der Waals surface area contributed by atoms with E-state index in [9.17, 15) is 0 Å². The standard InChI is InChI=1S/C9H10ClNS/c1-3-4-7(11)9-8(10)6(2)5-12-9/h1,5,7H,4,11H2,2H3. The van der Waals surface area contributed by atoms with Gasteiger partial charge in [0.2, 0.25) is 0 Å². The lowest BCUT2D eigenvalue weighted by molar-refractivity contribution is 0.771. The molecule has 1 heterocycles. The Bertz CT molecular complexity index is 311. The maximum atomic E-state index is 6.00. The third-order valence-electron chi connectivity index (χ3n) is 1.60. The second kappa shape index (κ2) is 3.95. The van der Waals surface area contributed by atoms with Gasteiger partial charge in [-0.05, 0) is 17.9 Å². The van der Waals surface area contributed by atoms with E-state index in [1.165, 1.54) is 0 Å². The summed E-state index contributed by atoms with van der Waals surface area (Å²) in [5.74, 6) is 2.53. The van der Waals surface area contributed by atoms with Crippen LogP contribution in [0.15, 0.2) is 5.38 Å². The Balaban J connectivity index is 2.89. The van der Waals surface area contributed by atoms with E-state index in [0.717, 1.165) is 15.5 Å². The van der Waals surface area contributed by atoms with Gasteiger partial charge in [-0.2, -0.15) is 0 Å². The van der Waals surface area contributed by atoms with E-state index in [1.54, 1.807) is 11.3 Å². The molecule has 1 aromatic rings. The molecule has 1 atom stereocenters. The topological polar surface area (TPSA) is 26.0 Å². The average molecular weight is 200 g/mol. The summed E-state index contributed by atoms with van der Waals surface area (Å²) >= 11 is 7.57. The molecule has 1 nitrogen and oxygen atoms in total. The van der Waals surface area contributed by atoms with Gasteiger partial charge >= 0.3 is 0 Å². The summed E-state index contributed by atoms with van der Waals surface area (Å²) in [4.78, 5) is 0.993. The minimum absolute atomic E-state index is 0.110. The average Bonchev–Trinajstić information content (AvgIpc) is 2.34. The zero-order valence-corrected chi connectivity index (χ0v) is 8.38. The lowest BCUT2D eigenvalue weighted by Crippen LogP contribution is -2.07. The van der Waals surface area contributed by atoms with E-state index in [-0.39, 0.29) is 6.04 Å². The monoisotopic (exact) mass is 199 g/mol. The van der Waals surface area contributed by atoms with Crippen LogP contribution >= 0.6 is 22.9 Å². The van der Waals surface area contributed by atoms with E-state index in [2.05, 4.69) is 5.92 Å². The molecule has 2 N–H and O–H groups in total. The highest BCUT2D eigenvalue weighted by molar-refractivity contribution is 7.10. The number of hydrogen-bond donors (Lipinski definition) is 1. The van der Waals surface area contributed by atoms with Gasteiger partial charge in [-0.15, -0.1) is 23.7 Å². The number of thiophene rings is 1. The van der Waals surface area contributed by atoms with Crippen molar-refractivity contribution in [3.05, 3.63) is 20.8 Å². The molecule has 0 aliphatic carbocycles. The molecule has 1 aromatic heterocycles. The summed E-state index contributed by atoms with van der Waals surface area (Å²) in [5, 5.41) is 2.76. The molecular formula is C9H10ClNS.